The van der Waals surface area contributed by atoms with Crippen molar-refractivity contribution in [3.63, 3.8) is 0 Å². The summed E-state index contributed by atoms with van der Waals surface area (Å²) >= 11 is 0. The van der Waals surface area contributed by atoms with Gasteiger partial charge in [0.15, 0.2) is 0 Å². The number of carbonyl (C=O) groups is 1. The van der Waals surface area contributed by atoms with Gasteiger partial charge in [0, 0.05) is 13.1 Å². The molecule has 0 aromatic heterocycles. The van der Waals surface area contributed by atoms with Crippen LogP contribution in [0.1, 0.15) is 19.8 Å². The highest BCUT2D eigenvalue weighted by atomic mass is 32.2. The second kappa shape index (κ2) is 5.68. The molecular weight excluding hydrogens is 220 g/mol. The van der Waals surface area contributed by atoms with Crippen molar-refractivity contribution in [3.05, 3.63) is 0 Å². The molecule has 0 radical (unpaired) electrons. The average Bonchev–Trinajstić information content (AvgIpc) is 2.14. The maximum absolute atomic E-state index is 11.5. The van der Waals surface area contributed by atoms with E-state index in [9.17, 15) is 13.2 Å². The first-order chi connectivity index (χ1) is 6.81. The molecule has 1 N–H and O–H groups in total. The Morgan fingerprint density at radius 1 is 1.60 bits per heavy atom. The van der Waals surface area contributed by atoms with Gasteiger partial charge in [0.05, 0.1) is 24.7 Å². The quantitative estimate of drug-likeness (QED) is 0.698. The van der Waals surface area contributed by atoms with Gasteiger partial charge in [-0.2, -0.15) is 5.26 Å². The van der Waals surface area contributed by atoms with Crippen molar-refractivity contribution in [1.82, 2.24) is 4.31 Å². The van der Waals surface area contributed by atoms with Crippen LogP contribution in [0.5, 0.6) is 0 Å². The van der Waals surface area contributed by atoms with Gasteiger partial charge in [-0.25, -0.2) is 12.7 Å². The van der Waals surface area contributed by atoms with Crippen molar-refractivity contribution in [2.75, 3.05) is 12.8 Å². The smallest absolute Gasteiger partial charge is 0.304 e. The van der Waals surface area contributed by atoms with Gasteiger partial charge in [-0.3, -0.25) is 4.79 Å². The molecule has 0 spiro atoms. The molecule has 7 heteroatoms. The number of aliphatic carboxylic acids is 1. The number of nitriles is 1. The first kappa shape index (κ1) is 13.9. The molecule has 0 aliphatic carbocycles. The van der Waals surface area contributed by atoms with Crippen LogP contribution in [0.3, 0.4) is 0 Å². The van der Waals surface area contributed by atoms with Gasteiger partial charge in [0.1, 0.15) is 0 Å². The van der Waals surface area contributed by atoms with Crippen LogP contribution in [0.2, 0.25) is 0 Å². The maximum Gasteiger partial charge on any atom is 0.304 e. The lowest BCUT2D eigenvalue weighted by Gasteiger charge is -2.21. The van der Waals surface area contributed by atoms with E-state index in [2.05, 4.69) is 0 Å². The fourth-order valence-electron chi connectivity index (χ4n) is 0.895. The molecule has 0 bridgehead atoms. The Labute approximate surface area is 89.2 Å². The number of nitrogens with zero attached hydrogens (tertiary/aromatic N) is 2. The Bertz CT molecular complexity index is 357. The zero-order chi connectivity index (χ0) is 12.1. The molecule has 6 nitrogen and oxygen atoms in total. The summed E-state index contributed by atoms with van der Waals surface area (Å²) in [7, 11) is -2.23. The highest BCUT2D eigenvalue weighted by molar-refractivity contribution is 7.89. The van der Waals surface area contributed by atoms with Crippen LogP contribution in [0.15, 0.2) is 0 Å². The topological polar surface area (TPSA) is 98.5 Å². The third kappa shape index (κ3) is 4.76. The second-order valence-electron chi connectivity index (χ2n) is 3.19. The Morgan fingerprint density at radius 2 is 2.13 bits per heavy atom. The minimum atomic E-state index is -3.58. The molecule has 1 unspecified atom stereocenters. The normalized spacial score (nSPS) is 13.5. The first-order valence-corrected chi connectivity index (χ1v) is 5.96. The lowest BCUT2D eigenvalue weighted by Crippen LogP contribution is -2.36. The van der Waals surface area contributed by atoms with Crippen LogP contribution < -0.4 is 0 Å². The minimum absolute atomic E-state index is 0.0861. The minimum Gasteiger partial charge on any atom is -0.481 e. The summed E-state index contributed by atoms with van der Waals surface area (Å²) in [5.41, 5.74) is 0. The Hall–Kier alpha value is -1.13. The molecule has 0 saturated heterocycles. The van der Waals surface area contributed by atoms with E-state index in [4.69, 9.17) is 10.4 Å². The van der Waals surface area contributed by atoms with Gasteiger partial charge < -0.3 is 5.11 Å². The van der Waals surface area contributed by atoms with E-state index in [0.29, 0.717) is 0 Å². The molecule has 0 aliphatic heterocycles. The second-order valence-corrected chi connectivity index (χ2v) is 5.34. The summed E-state index contributed by atoms with van der Waals surface area (Å²) in [6.07, 6.45) is -0.339. The molecule has 15 heavy (non-hydrogen) atoms. The SMILES string of the molecule is CC(CC#N)N(C)S(=O)(=O)CCC(=O)O. The Morgan fingerprint density at radius 3 is 2.53 bits per heavy atom. The lowest BCUT2D eigenvalue weighted by atomic mass is 10.3. The van der Waals surface area contributed by atoms with Gasteiger partial charge in [-0.15, -0.1) is 0 Å². The van der Waals surface area contributed by atoms with E-state index in [1.807, 2.05) is 6.07 Å². The van der Waals surface area contributed by atoms with Gasteiger partial charge in [-0.1, -0.05) is 0 Å². The summed E-state index contributed by atoms with van der Waals surface area (Å²) < 4.78 is 24.0. The van der Waals surface area contributed by atoms with Crippen molar-refractivity contribution >= 4 is 16.0 Å². The molecule has 0 rings (SSSR count). The van der Waals surface area contributed by atoms with E-state index in [1.165, 1.54) is 7.05 Å². The maximum atomic E-state index is 11.5. The highest BCUT2D eigenvalue weighted by Crippen LogP contribution is 2.08. The van der Waals surface area contributed by atoms with Gasteiger partial charge in [-0.05, 0) is 6.92 Å². The van der Waals surface area contributed by atoms with Crippen molar-refractivity contribution in [2.24, 2.45) is 0 Å². The molecule has 0 amide bonds. The van der Waals surface area contributed by atoms with E-state index in [1.54, 1.807) is 6.92 Å². The van der Waals surface area contributed by atoms with Crippen molar-refractivity contribution in [2.45, 2.75) is 25.8 Å². The largest absolute Gasteiger partial charge is 0.481 e. The predicted molar refractivity (Wildman–Crippen MR) is 53.5 cm³/mol. The highest BCUT2D eigenvalue weighted by Gasteiger charge is 2.23. The van der Waals surface area contributed by atoms with Gasteiger partial charge in [0.25, 0.3) is 0 Å². The lowest BCUT2D eigenvalue weighted by molar-refractivity contribution is -0.136. The monoisotopic (exact) mass is 234 g/mol. The molecule has 0 saturated carbocycles. The van der Waals surface area contributed by atoms with Crippen LogP contribution in [0.4, 0.5) is 0 Å². The number of sulfonamides is 1. The number of hydrogen-bond donors (Lipinski definition) is 1. The fraction of sp³-hybridized carbons (Fsp3) is 0.750. The number of hydrogen-bond acceptors (Lipinski definition) is 4. The summed E-state index contributed by atoms with van der Waals surface area (Å²) in [4.78, 5) is 10.2. The number of rotatable bonds is 6. The molecule has 1 atom stereocenters. The molecule has 86 valence electrons. The van der Waals surface area contributed by atoms with Crippen LogP contribution >= 0.6 is 0 Å². The van der Waals surface area contributed by atoms with Crippen molar-refractivity contribution in [1.29, 1.82) is 5.26 Å². The van der Waals surface area contributed by atoms with Gasteiger partial charge in [0.2, 0.25) is 10.0 Å². The zero-order valence-electron chi connectivity index (χ0n) is 8.67. The Balaban J connectivity index is 4.46. The van der Waals surface area contributed by atoms with Crippen molar-refractivity contribution in [3.8, 4) is 6.07 Å². The zero-order valence-corrected chi connectivity index (χ0v) is 9.49. The summed E-state index contributed by atoms with van der Waals surface area (Å²) in [5, 5.41) is 16.8. The van der Waals surface area contributed by atoms with Crippen molar-refractivity contribution < 1.29 is 18.3 Å². The number of carboxylic acids is 1. The fourth-order valence-corrected chi connectivity index (χ4v) is 2.24. The van der Waals surface area contributed by atoms with E-state index in [0.717, 1.165) is 4.31 Å². The summed E-state index contributed by atoms with van der Waals surface area (Å²) in [5.74, 6) is -1.59. The standard InChI is InChI=1S/C8H14N2O4S/c1-7(3-5-9)10(2)15(13,14)6-4-8(11)12/h7H,3-4,6H2,1-2H3,(H,11,12). The van der Waals surface area contributed by atoms with E-state index < -0.39 is 34.2 Å². The number of carboxylic acid groups (broad SMARTS) is 1. The summed E-state index contributed by atoms with van der Waals surface area (Å²) in [6, 6.07) is 1.43. The van der Waals surface area contributed by atoms with Gasteiger partial charge >= 0.3 is 5.97 Å². The van der Waals surface area contributed by atoms with Crippen LogP contribution in [0.25, 0.3) is 0 Å². The van der Waals surface area contributed by atoms with E-state index in [-0.39, 0.29) is 6.42 Å². The Kier molecular flexibility index (Phi) is 5.25. The van der Waals surface area contributed by atoms with E-state index >= 15 is 0 Å². The average molecular weight is 234 g/mol. The van der Waals surface area contributed by atoms with Crippen LogP contribution in [0, 0.1) is 11.3 Å². The molecule has 0 heterocycles. The molecule has 0 aromatic carbocycles. The third-order valence-electron chi connectivity index (χ3n) is 2.02. The molecule has 0 aromatic rings. The molecule has 0 fully saturated rings. The predicted octanol–water partition coefficient (Wildman–Crippen LogP) is 0.0249. The molecule has 0 aliphatic rings. The molecular formula is C8H14N2O4S. The first-order valence-electron chi connectivity index (χ1n) is 4.35. The van der Waals surface area contributed by atoms with Crippen LogP contribution in [-0.4, -0.2) is 42.6 Å². The van der Waals surface area contributed by atoms with Crippen LogP contribution in [-0.2, 0) is 14.8 Å². The third-order valence-corrected chi connectivity index (χ3v) is 3.98. The summed E-state index contributed by atoms with van der Waals surface area (Å²) in [6.45, 7) is 1.60.